The van der Waals surface area contributed by atoms with Gasteiger partial charge in [-0.15, -0.1) is 0 Å². The predicted molar refractivity (Wildman–Crippen MR) is 73.3 cm³/mol. The summed E-state index contributed by atoms with van der Waals surface area (Å²) in [5, 5.41) is 0. The van der Waals surface area contributed by atoms with Crippen molar-refractivity contribution in [1.82, 2.24) is 4.98 Å². The third kappa shape index (κ3) is 2.48. The molecule has 1 aromatic carbocycles. The highest BCUT2D eigenvalue weighted by Gasteiger charge is 2.28. The maximum absolute atomic E-state index is 13.2. The van der Waals surface area contributed by atoms with Crippen LogP contribution in [0, 0.1) is 5.82 Å². The van der Waals surface area contributed by atoms with E-state index >= 15 is 0 Å². The van der Waals surface area contributed by atoms with Gasteiger partial charge in [0.1, 0.15) is 17.7 Å². The van der Waals surface area contributed by atoms with E-state index in [1.807, 2.05) is 12.1 Å². The summed E-state index contributed by atoms with van der Waals surface area (Å²) >= 11 is 3.35. The molecule has 1 aliphatic rings. The fourth-order valence-electron chi connectivity index (χ4n) is 2.23. The molecule has 2 aromatic rings. The normalized spacial score (nSPS) is 21.6. The first kappa shape index (κ1) is 12.6. The van der Waals surface area contributed by atoms with Gasteiger partial charge in [0.15, 0.2) is 0 Å². The van der Waals surface area contributed by atoms with Gasteiger partial charge in [0, 0.05) is 28.7 Å². The Hall–Kier alpha value is -1.46. The van der Waals surface area contributed by atoms with Gasteiger partial charge in [-0.3, -0.25) is 4.98 Å². The number of halogens is 2. The molecule has 3 nitrogen and oxygen atoms in total. The average Bonchev–Trinajstić information content (AvgIpc) is 2.40. The first-order valence-electron chi connectivity index (χ1n) is 5.96. The number of benzene rings is 1. The van der Waals surface area contributed by atoms with Crippen LogP contribution >= 0.6 is 15.9 Å². The molecular formula is C14H12BrFN2O. The molecule has 0 saturated carbocycles. The fraction of sp³-hybridized carbons (Fsp3) is 0.214. The van der Waals surface area contributed by atoms with Crippen molar-refractivity contribution in [3.8, 4) is 5.75 Å². The molecule has 0 fully saturated rings. The van der Waals surface area contributed by atoms with Crippen LogP contribution in [-0.4, -0.2) is 4.98 Å². The van der Waals surface area contributed by atoms with E-state index in [0.29, 0.717) is 17.7 Å². The van der Waals surface area contributed by atoms with E-state index < -0.39 is 0 Å². The van der Waals surface area contributed by atoms with E-state index in [2.05, 4.69) is 20.9 Å². The molecule has 3 rings (SSSR count). The molecule has 0 bridgehead atoms. The van der Waals surface area contributed by atoms with Crippen LogP contribution in [0.1, 0.15) is 29.8 Å². The largest absolute Gasteiger partial charge is 0.484 e. The SMILES string of the molecule is N[C@@H]1CC(c2ccc(Br)cn2)Oc2ccc(F)cc21. The van der Waals surface area contributed by atoms with Gasteiger partial charge >= 0.3 is 0 Å². The number of ether oxygens (including phenoxy) is 1. The number of nitrogens with two attached hydrogens (primary N) is 1. The van der Waals surface area contributed by atoms with Crippen molar-refractivity contribution < 1.29 is 9.13 Å². The number of nitrogens with zero attached hydrogens (tertiary/aromatic N) is 1. The summed E-state index contributed by atoms with van der Waals surface area (Å²) in [7, 11) is 0. The van der Waals surface area contributed by atoms with Crippen LogP contribution in [0.5, 0.6) is 5.75 Å². The third-order valence-corrected chi connectivity index (χ3v) is 3.66. The number of rotatable bonds is 1. The van der Waals surface area contributed by atoms with Crippen molar-refractivity contribution in [3.05, 3.63) is 58.1 Å². The zero-order valence-electron chi connectivity index (χ0n) is 10.0. The smallest absolute Gasteiger partial charge is 0.142 e. The standard InChI is InChI=1S/C14H12BrFN2O/c15-8-1-3-12(18-7-8)14-6-11(17)10-5-9(16)2-4-13(10)19-14/h1-5,7,11,14H,6,17H2/t11-,14?/m1/s1. The molecule has 0 amide bonds. The van der Waals surface area contributed by atoms with Crippen LogP contribution in [0.2, 0.25) is 0 Å². The second-order valence-electron chi connectivity index (χ2n) is 4.53. The molecule has 0 saturated heterocycles. The molecule has 19 heavy (non-hydrogen) atoms. The van der Waals surface area contributed by atoms with Gasteiger partial charge in [-0.2, -0.15) is 0 Å². The Labute approximate surface area is 118 Å². The van der Waals surface area contributed by atoms with Crippen LogP contribution in [0.3, 0.4) is 0 Å². The van der Waals surface area contributed by atoms with Gasteiger partial charge in [-0.1, -0.05) is 0 Å². The van der Waals surface area contributed by atoms with Crippen molar-refractivity contribution in [2.45, 2.75) is 18.6 Å². The number of pyridine rings is 1. The summed E-state index contributed by atoms with van der Waals surface area (Å²) in [6.07, 6.45) is 2.12. The number of hydrogen-bond acceptors (Lipinski definition) is 3. The Bertz CT molecular complexity index is 603. The van der Waals surface area contributed by atoms with E-state index in [4.69, 9.17) is 10.5 Å². The summed E-state index contributed by atoms with van der Waals surface area (Å²) in [5.41, 5.74) is 7.63. The van der Waals surface area contributed by atoms with Gasteiger partial charge in [0.05, 0.1) is 5.69 Å². The highest BCUT2D eigenvalue weighted by Crippen LogP contribution is 2.39. The van der Waals surface area contributed by atoms with Gasteiger partial charge in [0.2, 0.25) is 0 Å². The van der Waals surface area contributed by atoms with Crippen molar-refractivity contribution in [3.63, 3.8) is 0 Å². The molecule has 5 heteroatoms. The lowest BCUT2D eigenvalue weighted by atomic mass is 9.95. The van der Waals surface area contributed by atoms with Crippen molar-refractivity contribution in [2.24, 2.45) is 5.73 Å². The Morgan fingerprint density at radius 2 is 2.16 bits per heavy atom. The summed E-state index contributed by atoms with van der Waals surface area (Å²) < 4.78 is 20.0. The zero-order chi connectivity index (χ0) is 13.4. The minimum atomic E-state index is -0.294. The first-order valence-corrected chi connectivity index (χ1v) is 6.76. The second kappa shape index (κ2) is 4.90. The molecule has 0 aliphatic carbocycles. The zero-order valence-corrected chi connectivity index (χ0v) is 11.6. The van der Waals surface area contributed by atoms with Gasteiger partial charge in [-0.25, -0.2) is 4.39 Å². The van der Waals surface area contributed by atoms with Crippen molar-refractivity contribution in [1.29, 1.82) is 0 Å². The predicted octanol–water partition coefficient (Wildman–Crippen LogP) is 3.51. The highest BCUT2D eigenvalue weighted by atomic mass is 79.9. The minimum Gasteiger partial charge on any atom is -0.484 e. The van der Waals surface area contributed by atoms with Crippen LogP contribution in [0.4, 0.5) is 4.39 Å². The molecule has 1 unspecified atom stereocenters. The second-order valence-corrected chi connectivity index (χ2v) is 5.45. The summed E-state index contributed by atoms with van der Waals surface area (Å²) in [6, 6.07) is 8.01. The molecule has 0 radical (unpaired) electrons. The monoisotopic (exact) mass is 322 g/mol. The van der Waals surface area contributed by atoms with E-state index in [9.17, 15) is 4.39 Å². The topological polar surface area (TPSA) is 48.1 Å². The van der Waals surface area contributed by atoms with Crippen LogP contribution in [0.15, 0.2) is 41.0 Å². The van der Waals surface area contributed by atoms with E-state index in [-0.39, 0.29) is 18.0 Å². The van der Waals surface area contributed by atoms with Crippen LogP contribution < -0.4 is 10.5 Å². The number of fused-ring (bicyclic) bond motifs is 1. The molecule has 2 heterocycles. The number of hydrogen-bond donors (Lipinski definition) is 1. The summed E-state index contributed by atoms with van der Waals surface area (Å²) in [5.74, 6) is 0.341. The van der Waals surface area contributed by atoms with Crippen LogP contribution in [-0.2, 0) is 0 Å². The molecule has 1 aromatic heterocycles. The van der Waals surface area contributed by atoms with E-state index in [1.54, 1.807) is 12.3 Å². The molecular weight excluding hydrogens is 311 g/mol. The molecule has 2 N–H and O–H groups in total. The average molecular weight is 323 g/mol. The van der Waals surface area contributed by atoms with Crippen LogP contribution in [0.25, 0.3) is 0 Å². The lowest BCUT2D eigenvalue weighted by Crippen LogP contribution is -2.24. The molecule has 2 atom stereocenters. The van der Waals surface area contributed by atoms with Gasteiger partial charge in [-0.05, 0) is 46.3 Å². The maximum atomic E-state index is 13.2. The fourth-order valence-corrected chi connectivity index (χ4v) is 2.47. The minimum absolute atomic E-state index is 0.193. The summed E-state index contributed by atoms with van der Waals surface area (Å²) in [6.45, 7) is 0. The number of aromatic nitrogens is 1. The lowest BCUT2D eigenvalue weighted by molar-refractivity contribution is 0.157. The van der Waals surface area contributed by atoms with Gasteiger partial charge in [0.25, 0.3) is 0 Å². The molecule has 1 aliphatic heterocycles. The molecule has 98 valence electrons. The Balaban J connectivity index is 1.92. The lowest BCUT2D eigenvalue weighted by Gasteiger charge is -2.30. The first-order chi connectivity index (χ1) is 9.13. The van der Waals surface area contributed by atoms with Crippen molar-refractivity contribution >= 4 is 15.9 Å². The van der Waals surface area contributed by atoms with E-state index in [1.165, 1.54) is 12.1 Å². The maximum Gasteiger partial charge on any atom is 0.142 e. The quantitative estimate of drug-likeness (QED) is 0.874. The Morgan fingerprint density at radius 3 is 2.89 bits per heavy atom. The Morgan fingerprint density at radius 1 is 1.32 bits per heavy atom. The third-order valence-electron chi connectivity index (χ3n) is 3.19. The van der Waals surface area contributed by atoms with Crippen molar-refractivity contribution in [2.75, 3.05) is 0 Å². The highest BCUT2D eigenvalue weighted by molar-refractivity contribution is 9.10. The Kier molecular flexibility index (Phi) is 3.24. The summed E-state index contributed by atoms with van der Waals surface area (Å²) in [4.78, 5) is 4.33. The van der Waals surface area contributed by atoms with Gasteiger partial charge < -0.3 is 10.5 Å². The molecule has 0 spiro atoms. The van der Waals surface area contributed by atoms with E-state index in [0.717, 1.165) is 10.2 Å².